The highest BCUT2D eigenvalue weighted by Gasteiger charge is 2.29. The normalized spacial score (nSPS) is 11.3. The lowest BCUT2D eigenvalue weighted by Gasteiger charge is -2.16. The second-order valence-corrected chi connectivity index (χ2v) is 6.46. The van der Waals surface area contributed by atoms with Crippen molar-refractivity contribution in [1.29, 1.82) is 0 Å². The van der Waals surface area contributed by atoms with E-state index in [1.807, 2.05) is 0 Å². The summed E-state index contributed by atoms with van der Waals surface area (Å²) in [4.78, 5) is 0. The predicted octanol–water partition coefficient (Wildman–Crippen LogP) is 3.46. The van der Waals surface area contributed by atoms with Gasteiger partial charge in [0.05, 0.1) is 13.2 Å². The van der Waals surface area contributed by atoms with Gasteiger partial charge in [-0.15, -0.1) is 18.3 Å². The van der Waals surface area contributed by atoms with Crippen LogP contribution < -0.4 is 0 Å². The molecule has 0 unspecified atom stereocenters. The van der Waals surface area contributed by atoms with Crippen LogP contribution in [0.5, 0.6) is 0 Å². The lowest BCUT2D eigenvalue weighted by molar-refractivity contribution is 0.233. The SMILES string of the molecule is C=CCSC(=S)P(=O)(OCC)OCC. The van der Waals surface area contributed by atoms with Gasteiger partial charge in [0, 0.05) is 5.75 Å². The number of hydrogen-bond acceptors (Lipinski definition) is 5. The fraction of sp³-hybridized carbons (Fsp3) is 0.625. The predicted molar refractivity (Wildman–Crippen MR) is 66.1 cm³/mol. The van der Waals surface area contributed by atoms with Crippen molar-refractivity contribution in [2.75, 3.05) is 19.0 Å². The van der Waals surface area contributed by atoms with E-state index in [0.717, 1.165) is 0 Å². The Kier molecular flexibility index (Phi) is 7.78. The van der Waals surface area contributed by atoms with Crippen LogP contribution >= 0.6 is 31.6 Å². The standard InChI is InChI=1S/C8H15O3PS2/c1-4-7-14-8(13)12(9,10-5-2)11-6-3/h4H,1,5-7H2,2-3H3. The third-order valence-electron chi connectivity index (χ3n) is 1.15. The summed E-state index contributed by atoms with van der Waals surface area (Å²) in [7, 11) is -3.19. The van der Waals surface area contributed by atoms with Crippen molar-refractivity contribution in [3.8, 4) is 0 Å². The molecule has 0 spiro atoms. The second kappa shape index (κ2) is 7.60. The van der Waals surface area contributed by atoms with Crippen molar-refractivity contribution >= 4 is 35.5 Å². The highest BCUT2D eigenvalue weighted by Crippen LogP contribution is 2.53. The number of thiocarbonyl (C=S) groups is 1. The van der Waals surface area contributed by atoms with E-state index in [9.17, 15) is 4.57 Å². The van der Waals surface area contributed by atoms with Crippen LogP contribution in [0.2, 0.25) is 0 Å². The molecule has 0 bridgehead atoms. The first-order valence-electron chi connectivity index (χ1n) is 4.28. The molecule has 0 aliphatic heterocycles. The van der Waals surface area contributed by atoms with Crippen LogP contribution in [-0.2, 0) is 13.6 Å². The number of rotatable bonds is 7. The van der Waals surface area contributed by atoms with Crippen molar-refractivity contribution in [2.45, 2.75) is 13.8 Å². The van der Waals surface area contributed by atoms with Gasteiger partial charge in [0.15, 0.2) is 3.94 Å². The molecule has 3 nitrogen and oxygen atoms in total. The smallest absolute Gasteiger partial charge is 0.305 e. The largest absolute Gasteiger partial charge is 0.378 e. The summed E-state index contributed by atoms with van der Waals surface area (Å²) in [6.07, 6.45) is 1.69. The van der Waals surface area contributed by atoms with Gasteiger partial charge in [-0.3, -0.25) is 4.57 Å². The Hall–Kier alpha value is 0.330. The first-order valence-corrected chi connectivity index (χ1v) is 7.21. The van der Waals surface area contributed by atoms with Crippen LogP contribution in [0.3, 0.4) is 0 Å². The fourth-order valence-electron chi connectivity index (χ4n) is 0.692. The maximum Gasteiger partial charge on any atom is 0.378 e. The van der Waals surface area contributed by atoms with Crippen LogP contribution in [0.4, 0.5) is 0 Å². The van der Waals surface area contributed by atoms with E-state index in [-0.39, 0.29) is 3.94 Å². The monoisotopic (exact) mass is 254 g/mol. The van der Waals surface area contributed by atoms with Crippen LogP contribution in [0.1, 0.15) is 13.8 Å². The first-order chi connectivity index (χ1) is 6.60. The highest BCUT2D eigenvalue weighted by molar-refractivity contribution is 8.35. The molecule has 0 aliphatic carbocycles. The van der Waals surface area contributed by atoms with Crippen LogP contribution in [0, 0.1) is 0 Å². The topological polar surface area (TPSA) is 35.5 Å². The molecule has 0 fully saturated rings. The summed E-state index contributed by atoms with van der Waals surface area (Å²) in [5.74, 6) is 0.614. The lowest BCUT2D eigenvalue weighted by atomic mass is 10.8. The van der Waals surface area contributed by atoms with Crippen LogP contribution in [-0.4, -0.2) is 22.9 Å². The zero-order valence-corrected chi connectivity index (χ0v) is 10.9. The third kappa shape index (κ3) is 4.71. The molecule has 0 amide bonds. The molecule has 0 aromatic rings. The van der Waals surface area contributed by atoms with Crippen molar-refractivity contribution < 1.29 is 13.6 Å². The molecule has 14 heavy (non-hydrogen) atoms. The van der Waals surface area contributed by atoms with Crippen molar-refractivity contribution in [2.24, 2.45) is 0 Å². The van der Waals surface area contributed by atoms with E-state index in [1.165, 1.54) is 11.8 Å². The van der Waals surface area contributed by atoms with Gasteiger partial charge in [0.25, 0.3) is 0 Å². The Morgan fingerprint density at radius 1 is 1.50 bits per heavy atom. The molecule has 0 aliphatic rings. The quantitative estimate of drug-likeness (QED) is 0.395. The Morgan fingerprint density at radius 3 is 2.36 bits per heavy atom. The summed E-state index contributed by atoms with van der Waals surface area (Å²) in [6, 6.07) is 0. The summed E-state index contributed by atoms with van der Waals surface area (Å²) in [5.41, 5.74) is 0. The van der Waals surface area contributed by atoms with Crippen molar-refractivity contribution in [1.82, 2.24) is 0 Å². The molecule has 0 radical (unpaired) electrons. The van der Waals surface area contributed by atoms with E-state index in [4.69, 9.17) is 21.3 Å². The molecule has 0 atom stereocenters. The highest BCUT2D eigenvalue weighted by atomic mass is 32.2. The van der Waals surface area contributed by atoms with Gasteiger partial charge in [0.2, 0.25) is 0 Å². The molecule has 0 aromatic carbocycles. The summed E-state index contributed by atoms with van der Waals surface area (Å²) in [5, 5.41) is 0. The summed E-state index contributed by atoms with van der Waals surface area (Å²) < 4.78 is 22.4. The Labute approximate surface area is 94.8 Å². The summed E-state index contributed by atoms with van der Waals surface area (Å²) >= 11 is 6.25. The van der Waals surface area contributed by atoms with E-state index in [2.05, 4.69) is 6.58 Å². The molecule has 6 heteroatoms. The van der Waals surface area contributed by atoms with Gasteiger partial charge in [-0.2, -0.15) is 0 Å². The maximum atomic E-state index is 12.0. The molecule has 0 aromatic heterocycles. The number of hydrogen-bond donors (Lipinski definition) is 0. The average Bonchev–Trinajstić information content (AvgIpc) is 2.15. The molecular weight excluding hydrogens is 239 g/mol. The number of thioether (sulfide) groups is 1. The molecule has 0 saturated carbocycles. The zero-order chi connectivity index (χ0) is 11.0. The van der Waals surface area contributed by atoms with E-state index >= 15 is 0 Å². The first kappa shape index (κ1) is 14.3. The van der Waals surface area contributed by atoms with E-state index in [0.29, 0.717) is 19.0 Å². The molecule has 0 N–H and O–H groups in total. The van der Waals surface area contributed by atoms with E-state index in [1.54, 1.807) is 19.9 Å². The van der Waals surface area contributed by atoms with Gasteiger partial charge in [0.1, 0.15) is 0 Å². The molecular formula is C8H15O3PS2. The lowest BCUT2D eigenvalue weighted by Crippen LogP contribution is -2.02. The van der Waals surface area contributed by atoms with Crippen molar-refractivity contribution in [3.63, 3.8) is 0 Å². The van der Waals surface area contributed by atoms with Gasteiger partial charge >= 0.3 is 7.60 Å². The summed E-state index contributed by atoms with van der Waals surface area (Å²) in [6.45, 7) is 7.72. The Balaban J connectivity index is 4.38. The van der Waals surface area contributed by atoms with E-state index < -0.39 is 7.60 Å². The van der Waals surface area contributed by atoms with Crippen LogP contribution in [0.15, 0.2) is 12.7 Å². The molecule has 82 valence electrons. The van der Waals surface area contributed by atoms with Gasteiger partial charge in [-0.05, 0) is 13.8 Å². The molecule has 0 saturated heterocycles. The van der Waals surface area contributed by atoms with Gasteiger partial charge < -0.3 is 9.05 Å². The van der Waals surface area contributed by atoms with Gasteiger partial charge in [-0.25, -0.2) is 0 Å². The minimum atomic E-state index is -3.19. The third-order valence-corrected chi connectivity index (χ3v) is 5.52. The van der Waals surface area contributed by atoms with Crippen molar-refractivity contribution in [3.05, 3.63) is 12.7 Å². The zero-order valence-electron chi connectivity index (χ0n) is 8.39. The minimum absolute atomic E-state index is 0.279. The second-order valence-electron chi connectivity index (χ2n) is 2.20. The Morgan fingerprint density at radius 2 is 2.00 bits per heavy atom. The molecule has 0 heterocycles. The van der Waals surface area contributed by atoms with Gasteiger partial charge in [-0.1, -0.05) is 18.3 Å². The Bertz CT molecular complexity index is 233. The fourth-order valence-corrected chi connectivity index (χ4v) is 3.61. The maximum absolute atomic E-state index is 12.0. The minimum Gasteiger partial charge on any atom is -0.305 e. The average molecular weight is 254 g/mol. The van der Waals surface area contributed by atoms with Crippen LogP contribution in [0.25, 0.3) is 0 Å². The molecule has 0 rings (SSSR count).